The van der Waals surface area contributed by atoms with E-state index in [1.54, 1.807) is 26.0 Å². The van der Waals surface area contributed by atoms with Crippen LogP contribution in [0.5, 0.6) is 0 Å². The minimum absolute atomic E-state index is 0.0554. The lowest BCUT2D eigenvalue weighted by molar-refractivity contribution is -0.384. The van der Waals surface area contributed by atoms with Crippen LogP contribution < -0.4 is 0 Å². The number of nitro groups is 1. The number of ether oxygens (including phenoxy) is 3. The Kier molecular flexibility index (Phi) is 5.22. The van der Waals surface area contributed by atoms with Gasteiger partial charge in [-0.2, -0.15) is 0 Å². The molecule has 146 valence electrons. The molecule has 2 heterocycles. The Labute approximate surface area is 155 Å². The Hall–Kier alpha value is -2.06. The van der Waals surface area contributed by atoms with Gasteiger partial charge in [0.1, 0.15) is 12.2 Å². The minimum Gasteiger partial charge on any atom is -0.394 e. The van der Waals surface area contributed by atoms with E-state index >= 15 is 0 Å². The number of nitrogens with zero attached hydrogens (tertiary/aromatic N) is 1. The van der Waals surface area contributed by atoms with Gasteiger partial charge < -0.3 is 29.5 Å². The maximum atomic E-state index is 11.1. The number of benzene rings is 1. The zero-order valence-electron chi connectivity index (χ0n) is 14.9. The first-order valence-electron chi connectivity index (χ1n) is 8.42. The molecule has 9 heteroatoms. The highest BCUT2D eigenvalue weighted by Gasteiger charge is 2.64. The van der Waals surface area contributed by atoms with Gasteiger partial charge in [0.2, 0.25) is 0 Å². The van der Waals surface area contributed by atoms with E-state index in [4.69, 9.17) is 14.2 Å². The monoisotopic (exact) mass is 379 g/mol. The molecule has 0 spiro atoms. The topological polar surface area (TPSA) is 132 Å². The zero-order chi connectivity index (χ0) is 19.8. The molecule has 3 rings (SSSR count). The van der Waals surface area contributed by atoms with Crippen molar-refractivity contribution in [1.29, 1.82) is 0 Å². The smallest absolute Gasteiger partial charge is 0.269 e. The fraction of sp³-hybridized carbons (Fsp3) is 0.556. The van der Waals surface area contributed by atoms with Gasteiger partial charge in [-0.25, -0.2) is 0 Å². The second kappa shape index (κ2) is 7.16. The van der Waals surface area contributed by atoms with Crippen LogP contribution in [0.25, 0.3) is 0 Å². The first-order chi connectivity index (χ1) is 12.7. The Morgan fingerprint density at radius 1 is 1.37 bits per heavy atom. The van der Waals surface area contributed by atoms with Crippen molar-refractivity contribution in [3.8, 4) is 11.8 Å². The van der Waals surface area contributed by atoms with Crippen LogP contribution in [0.15, 0.2) is 24.3 Å². The van der Waals surface area contributed by atoms with Crippen LogP contribution in [0.1, 0.15) is 19.4 Å². The fourth-order valence-electron chi connectivity index (χ4n) is 3.23. The molecule has 0 unspecified atom stereocenters. The van der Waals surface area contributed by atoms with Gasteiger partial charge in [0.15, 0.2) is 23.8 Å². The second-order valence-corrected chi connectivity index (χ2v) is 6.96. The maximum absolute atomic E-state index is 11.1. The summed E-state index contributed by atoms with van der Waals surface area (Å²) in [5.41, 5.74) is -1.37. The van der Waals surface area contributed by atoms with Crippen molar-refractivity contribution in [3.63, 3.8) is 0 Å². The number of hydrogen-bond donors (Lipinski definition) is 3. The van der Waals surface area contributed by atoms with Crippen LogP contribution in [-0.2, 0) is 20.6 Å². The van der Waals surface area contributed by atoms with E-state index in [-0.39, 0.29) is 12.1 Å². The molecule has 2 saturated heterocycles. The SMILES string of the molecule is CC1(C)O[C@H]2O[C@H]([C@H](O)CO)[C@](O)(C#CCc3cccc([N+](=O)[O-])c3)[C@H]2O1. The molecule has 0 bridgehead atoms. The molecule has 0 aromatic heterocycles. The maximum Gasteiger partial charge on any atom is 0.269 e. The number of hydrogen-bond acceptors (Lipinski definition) is 8. The lowest BCUT2D eigenvalue weighted by atomic mass is 9.89. The highest BCUT2D eigenvalue weighted by Crippen LogP contribution is 2.43. The molecule has 2 fully saturated rings. The van der Waals surface area contributed by atoms with Crippen molar-refractivity contribution in [2.45, 2.75) is 56.3 Å². The lowest BCUT2D eigenvalue weighted by Gasteiger charge is -2.31. The fourth-order valence-corrected chi connectivity index (χ4v) is 3.23. The number of non-ortho nitro benzene ring substituents is 1. The van der Waals surface area contributed by atoms with Gasteiger partial charge in [-0.1, -0.05) is 24.0 Å². The molecule has 3 N–H and O–H groups in total. The predicted octanol–water partition coefficient (Wildman–Crippen LogP) is 0.101. The first-order valence-corrected chi connectivity index (χ1v) is 8.42. The van der Waals surface area contributed by atoms with Gasteiger partial charge in [0.25, 0.3) is 5.69 Å². The summed E-state index contributed by atoms with van der Waals surface area (Å²) in [6.07, 6.45) is -4.40. The normalized spacial score (nSPS) is 32.4. The largest absolute Gasteiger partial charge is 0.394 e. The third kappa shape index (κ3) is 3.82. The molecule has 9 nitrogen and oxygen atoms in total. The van der Waals surface area contributed by atoms with Gasteiger partial charge in [-0.05, 0) is 19.4 Å². The molecular weight excluding hydrogens is 358 g/mol. The van der Waals surface area contributed by atoms with Crippen molar-refractivity contribution < 1.29 is 34.5 Å². The Morgan fingerprint density at radius 3 is 2.78 bits per heavy atom. The number of fused-ring (bicyclic) bond motifs is 1. The minimum atomic E-state index is -1.92. The van der Waals surface area contributed by atoms with Gasteiger partial charge in [0, 0.05) is 18.6 Å². The van der Waals surface area contributed by atoms with E-state index in [2.05, 4.69) is 11.8 Å². The van der Waals surface area contributed by atoms with Gasteiger partial charge in [0.05, 0.1) is 11.5 Å². The van der Waals surface area contributed by atoms with Crippen molar-refractivity contribution in [1.82, 2.24) is 0 Å². The highest BCUT2D eigenvalue weighted by atomic mass is 16.8. The van der Waals surface area contributed by atoms with Crippen molar-refractivity contribution in [3.05, 3.63) is 39.9 Å². The third-order valence-electron chi connectivity index (χ3n) is 4.45. The quantitative estimate of drug-likeness (QED) is 0.381. The van der Waals surface area contributed by atoms with E-state index in [9.17, 15) is 25.4 Å². The van der Waals surface area contributed by atoms with Gasteiger partial charge in [-0.15, -0.1) is 0 Å². The predicted molar refractivity (Wildman–Crippen MR) is 91.3 cm³/mol. The van der Waals surface area contributed by atoms with Crippen LogP contribution in [0.2, 0.25) is 0 Å². The zero-order valence-corrected chi connectivity index (χ0v) is 14.9. The molecule has 0 aliphatic carbocycles. The number of aliphatic hydroxyl groups is 3. The van der Waals surface area contributed by atoms with Crippen LogP contribution in [0, 0.1) is 22.0 Å². The molecule has 0 saturated carbocycles. The standard InChI is InChI=1S/C18H21NO8/c1-17(2)26-15-16(27-17)25-14(13(21)10-20)18(15,22)8-4-6-11-5-3-7-12(9-11)19(23)24/h3,5,7,9,13-16,20-22H,6,10H2,1-2H3/t13-,14-,15+,16-,18-/m1/s1. The first kappa shape index (κ1) is 19.7. The molecule has 0 amide bonds. The number of rotatable bonds is 4. The van der Waals surface area contributed by atoms with E-state index in [1.165, 1.54) is 12.1 Å². The molecule has 1 aromatic carbocycles. The molecule has 2 aliphatic rings. The molecule has 0 radical (unpaired) electrons. The summed E-state index contributed by atoms with van der Waals surface area (Å²) in [5.74, 6) is 4.43. The van der Waals surface area contributed by atoms with Crippen molar-refractivity contribution in [2.75, 3.05) is 6.61 Å². The summed E-state index contributed by atoms with van der Waals surface area (Å²) in [5, 5.41) is 41.2. The summed E-state index contributed by atoms with van der Waals surface area (Å²) in [7, 11) is 0. The summed E-state index contributed by atoms with van der Waals surface area (Å²) in [4.78, 5) is 10.4. The Balaban J connectivity index is 1.85. The molecule has 5 atom stereocenters. The van der Waals surface area contributed by atoms with Gasteiger partial charge in [-0.3, -0.25) is 10.1 Å². The van der Waals surface area contributed by atoms with Crippen molar-refractivity contribution >= 4 is 5.69 Å². The molecule has 2 aliphatic heterocycles. The van der Waals surface area contributed by atoms with Crippen LogP contribution in [0.4, 0.5) is 5.69 Å². The number of nitro benzene ring substituents is 1. The average Bonchev–Trinajstić information content (AvgIpc) is 3.06. The van der Waals surface area contributed by atoms with Gasteiger partial charge >= 0.3 is 0 Å². The van der Waals surface area contributed by atoms with E-state index in [0.717, 1.165) is 0 Å². The van der Waals surface area contributed by atoms with Crippen LogP contribution in [0.3, 0.4) is 0 Å². The molecule has 27 heavy (non-hydrogen) atoms. The average molecular weight is 379 g/mol. The summed E-state index contributed by atoms with van der Waals surface area (Å²) < 4.78 is 16.8. The van der Waals surface area contributed by atoms with Crippen LogP contribution >= 0.6 is 0 Å². The molecular formula is C18H21NO8. The Morgan fingerprint density at radius 2 is 2.11 bits per heavy atom. The van der Waals surface area contributed by atoms with Crippen molar-refractivity contribution in [2.24, 2.45) is 0 Å². The lowest BCUT2D eigenvalue weighted by Crippen LogP contribution is -2.53. The summed E-state index contributed by atoms with van der Waals surface area (Å²) in [6.45, 7) is 2.68. The van der Waals surface area contributed by atoms with E-state index < -0.39 is 47.5 Å². The van der Waals surface area contributed by atoms with E-state index in [1.807, 2.05) is 0 Å². The highest BCUT2D eigenvalue weighted by molar-refractivity contribution is 5.37. The second-order valence-electron chi connectivity index (χ2n) is 6.96. The summed E-state index contributed by atoms with van der Waals surface area (Å²) in [6, 6.07) is 6.00. The Bertz CT molecular complexity index is 785. The summed E-state index contributed by atoms with van der Waals surface area (Å²) >= 11 is 0. The third-order valence-corrected chi connectivity index (χ3v) is 4.45. The molecule has 1 aromatic rings. The number of aliphatic hydroxyl groups excluding tert-OH is 2. The van der Waals surface area contributed by atoms with E-state index in [0.29, 0.717) is 5.56 Å². The van der Waals surface area contributed by atoms with Crippen LogP contribution in [-0.4, -0.2) is 62.8 Å².